The average molecular weight is 260 g/mol. The lowest BCUT2D eigenvalue weighted by atomic mass is 9.75. The highest BCUT2D eigenvalue weighted by atomic mass is 15.1. The van der Waals surface area contributed by atoms with Gasteiger partial charge in [-0.15, -0.1) is 0 Å². The maximum absolute atomic E-state index is 5.99. The van der Waals surface area contributed by atoms with Crippen molar-refractivity contribution in [2.45, 2.75) is 47.1 Å². The Kier molecular flexibility index (Phi) is 4.19. The topological polar surface area (TPSA) is 29.3 Å². The van der Waals surface area contributed by atoms with Crippen LogP contribution in [-0.4, -0.2) is 18.0 Å². The Labute approximate surface area is 118 Å². The molecule has 1 saturated heterocycles. The van der Waals surface area contributed by atoms with Crippen molar-refractivity contribution < 1.29 is 0 Å². The SMILES string of the molecule is Cc1c(N)cccc1CN1CCC(C(C)(C)C)CC1. The second-order valence-electron chi connectivity index (χ2n) is 7.05. The first-order valence-corrected chi connectivity index (χ1v) is 7.44. The van der Waals surface area contributed by atoms with Gasteiger partial charge in [0.05, 0.1) is 0 Å². The van der Waals surface area contributed by atoms with Crippen LogP contribution in [-0.2, 0) is 6.54 Å². The lowest BCUT2D eigenvalue weighted by molar-refractivity contribution is 0.108. The maximum Gasteiger partial charge on any atom is 0.0346 e. The van der Waals surface area contributed by atoms with E-state index in [1.807, 2.05) is 6.07 Å². The molecule has 0 amide bonds. The minimum Gasteiger partial charge on any atom is -0.399 e. The van der Waals surface area contributed by atoms with E-state index >= 15 is 0 Å². The Hall–Kier alpha value is -1.02. The zero-order chi connectivity index (χ0) is 14.0. The highest BCUT2D eigenvalue weighted by molar-refractivity contribution is 5.49. The van der Waals surface area contributed by atoms with Gasteiger partial charge >= 0.3 is 0 Å². The van der Waals surface area contributed by atoms with Crippen molar-refractivity contribution in [2.75, 3.05) is 18.8 Å². The number of hydrogen-bond donors (Lipinski definition) is 1. The summed E-state index contributed by atoms with van der Waals surface area (Å²) in [6.45, 7) is 12.7. The van der Waals surface area contributed by atoms with E-state index in [-0.39, 0.29) is 0 Å². The summed E-state index contributed by atoms with van der Waals surface area (Å²) in [6.07, 6.45) is 2.65. The van der Waals surface area contributed by atoms with Crippen molar-refractivity contribution in [3.63, 3.8) is 0 Å². The maximum atomic E-state index is 5.99. The van der Waals surface area contributed by atoms with Gasteiger partial charge in [-0.1, -0.05) is 32.9 Å². The first-order chi connectivity index (χ1) is 8.88. The molecule has 2 heteroatoms. The summed E-state index contributed by atoms with van der Waals surface area (Å²) in [7, 11) is 0. The van der Waals surface area contributed by atoms with Crippen LogP contribution in [0, 0.1) is 18.3 Å². The Morgan fingerprint density at radius 3 is 2.42 bits per heavy atom. The molecular formula is C17H28N2. The minimum absolute atomic E-state index is 0.458. The normalized spacial score (nSPS) is 18.7. The van der Waals surface area contributed by atoms with Crippen LogP contribution in [0.1, 0.15) is 44.7 Å². The fourth-order valence-electron chi connectivity index (χ4n) is 3.07. The molecular weight excluding hydrogens is 232 g/mol. The molecule has 2 rings (SSSR count). The molecule has 0 aromatic heterocycles. The monoisotopic (exact) mass is 260 g/mol. The van der Waals surface area contributed by atoms with Crippen LogP contribution in [0.15, 0.2) is 18.2 Å². The van der Waals surface area contributed by atoms with Crippen LogP contribution in [0.3, 0.4) is 0 Å². The van der Waals surface area contributed by atoms with Crippen LogP contribution < -0.4 is 5.73 Å². The number of nitrogen functional groups attached to an aromatic ring is 1. The van der Waals surface area contributed by atoms with Gasteiger partial charge in [0, 0.05) is 12.2 Å². The molecule has 1 fully saturated rings. The summed E-state index contributed by atoms with van der Waals surface area (Å²) in [5.74, 6) is 0.866. The van der Waals surface area contributed by atoms with E-state index in [4.69, 9.17) is 5.73 Å². The molecule has 1 aliphatic rings. The molecule has 0 radical (unpaired) electrons. The molecule has 1 aromatic carbocycles. The highest BCUT2D eigenvalue weighted by Crippen LogP contribution is 2.34. The number of nitrogens with two attached hydrogens (primary N) is 1. The van der Waals surface area contributed by atoms with E-state index in [2.05, 4.69) is 44.7 Å². The van der Waals surface area contributed by atoms with Crippen molar-refractivity contribution in [3.8, 4) is 0 Å². The average Bonchev–Trinajstić information content (AvgIpc) is 2.35. The number of likely N-dealkylation sites (tertiary alicyclic amines) is 1. The van der Waals surface area contributed by atoms with Crippen molar-refractivity contribution in [1.82, 2.24) is 4.90 Å². The van der Waals surface area contributed by atoms with Gasteiger partial charge in [-0.3, -0.25) is 4.90 Å². The van der Waals surface area contributed by atoms with E-state index in [0.29, 0.717) is 5.41 Å². The quantitative estimate of drug-likeness (QED) is 0.819. The lowest BCUT2D eigenvalue weighted by Crippen LogP contribution is -2.37. The summed E-state index contributed by atoms with van der Waals surface area (Å²) in [5, 5.41) is 0. The third-order valence-electron chi connectivity index (χ3n) is 4.69. The van der Waals surface area contributed by atoms with Gasteiger partial charge in [0.25, 0.3) is 0 Å². The number of piperidine rings is 1. The third kappa shape index (κ3) is 3.50. The standard InChI is InChI=1S/C17H28N2/c1-13-14(6-5-7-16(13)18)12-19-10-8-15(9-11-19)17(2,3)4/h5-7,15H,8-12,18H2,1-4H3. The van der Waals surface area contributed by atoms with Crippen LogP contribution in [0.5, 0.6) is 0 Å². The number of anilines is 1. The number of nitrogens with zero attached hydrogens (tertiary/aromatic N) is 1. The third-order valence-corrected chi connectivity index (χ3v) is 4.69. The number of rotatable bonds is 2. The summed E-state index contributed by atoms with van der Waals surface area (Å²) >= 11 is 0. The molecule has 0 bridgehead atoms. The minimum atomic E-state index is 0.458. The predicted octanol–water partition coefficient (Wildman–Crippen LogP) is 3.84. The Morgan fingerprint density at radius 1 is 1.21 bits per heavy atom. The van der Waals surface area contributed by atoms with Gasteiger partial charge < -0.3 is 5.73 Å². The van der Waals surface area contributed by atoms with Gasteiger partial charge in [-0.25, -0.2) is 0 Å². The fourth-order valence-corrected chi connectivity index (χ4v) is 3.07. The largest absolute Gasteiger partial charge is 0.399 e. The summed E-state index contributed by atoms with van der Waals surface area (Å²) < 4.78 is 0. The lowest BCUT2D eigenvalue weighted by Gasteiger charge is -2.39. The molecule has 106 valence electrons. The molecule has 1 aromatic rings. The molecule has 1 aliphatic heterocycles. The molecule has 2 N–H and O–H groups in total. The van der Waals surface area contributed by atoms with E-state index in [9.17, 15) is 0 Å². The second kappa shape index (κ2) is 5.54. The summed E-state index contributed by atoms with van der Waals surface area (Å²) in [6, 6.07) is 6.27. The van der Waals surface area contributed by atoms with Crippen LogP contribution >= 0.6 is 0 Å². The van der Waals surface area contributed by atoms with Gasteiger partial charge in [0.2, 0.25) is 0 Å². The molecule has 2 nitrogen and oxygen atoms in total. The zero-order valence-electron chi connectivity index (χ0n) is 12.9. The number of hydrogen-bond acceptors (Lipinski definition) is 2. The van der Waals surface area contributed by atoms with Crippen molar-refractivity contribution in [3.05, 3.63) is 29.3 Å². The van der Waals surface area contributed by atoms with E-state index in [1.165, 1.54) is 37.1 Å². The molecule has 0 saturated carbocycles. The molecule has 19 heavy (non-hydrogen) atoms. The van der Waals surface area contributed by atoms with Crippen molar-refractivity contribution in [2.24, 2.45) is 11.3 Å². The first kappa shape index (κ1) is 14.4. The van der Waals surface area contributed by atoms with Crippen molar-refractivity contribution >= 4 is 5.69 Å². The van der Waals surface area contributed by atoms with Gasteiger partial charge in [0.15, 0.2) is 0 Å². The van der Waals surface area contributed by atoms with Crippen LogP contribution in [0.25, 0.3) is 0 Å². The Morgan fingerprint density at radius 2 is 1.84 bits per heavy atom. The summed E-state index contributed by atoms with van der Waals surface area (Å²) in [5.41, 5.74) is 10.00. The highest BCUT2D eigenvalue weighted by Gasteiger charge is 2.28. The second-order valence-corrected chi connectivity index (χ2v) is 7.05. The van der Waals surface area contributed by atoms with Crippen LogP contribution in [0.4, 0.5) is 5.69 Å². The molecule has 0 aliphatic carbocycles. The number of benzene rings is 1. The van der Waals surface area contributed by atoms with E-state index in [0.717, 1.165) is 18.2 Å². The fraction of sp³-hybridized carbons (Fsp3) is 0.647. The first-order valence-electron chi connectivity index (χ1n) is 7.44. The van der Waals surface area contributed by atoms with Crippen LogP contribution in [0.2, 0.25) is 0 Å². The Balaban J connectivity index is 1.94. The van der Waals surface area contributed by atoms with E-state index in [1.54, 1.807) is 0 Å². The van der Waals surface area contributed by atoms with Gasteiger partial charge in [-0.2, -0.15) is 0 Å². The molecule has 1 heterocycles. The van der Waals surface area contributed by atoms with Crippen molar-refractivity contribution in [1.29, 1.82) is 0 Å². The van der Waals surface area contributed by atoms with E-state index < -0.39 is 0 Å². The zero-order valence-corrected chi connectivity index (χ0v) is 12.9. The predicted molar refractivity (Wildman–Crippen MR) is 83.0 cm³/mol. The summed E-state index contributed by atoms with van der Waals surface area (Å²) in [4.78, 5) is 2.57. The molecule has 0 spiro atoms. The smallest absolute Gasteiger partial charge is 0.0346 e. The van der Waals surface area contributed by atoms with Gasteiger partial charge in [0.1, 0.15) is 0 Å². The Bertz CT molecular complexity index is 423. The molecule has 0 unspecified atom stereocenters. The molecule has 0 atom stereocenters. The van der Waals surface area contributed by atoms with Gasteiger partial charge in [-0.05, 0) is 61.4 Å².